The summed E-state index contributed by atoms with van der Waals surface area (Å²) in [6, 6.07) is 6.92. The van der Waals surface area contributed by atoms with Gasteiger partial charge in [-0.15, -0.1) is 0 Å². The van der Waals surface area contributed by atoms with Crippen molar-refractivity contribution in [1.82, 2.24) is 4.57 Å². The summed E-state index contributed by atoms with van der Waals surface area (Å²) in [4.78, 5) is 59.0. The molecule has 1 N–H and O–H groups in total. The number of fused-ring (bicyclic) bond motifs is 1. The van der Waals surface area contributed by atoms with Crippen LogP contribution in [0.3, 0.4) is 0 Å². The summed E-state index contributed by atoms with van der Waals surface area (Å²) in [5.74, 6) is -3.89. The third-order valence-electron chi connectivity index (χ3n) is 5.41. The van der Waals surface area contributed by atoms with E-state index in [2.05, 4.69) is 0 Å². The molecule has 2 aromatic rings. The molecule has 0 saturated carbocycles. The van der Waals surface area contributed by atoms with E-state index in [1.165, 1.54) is 6.92 Å². The summed E-state index contributed by atoms with van der Waals surface area (Å²) in [7, 11) is 0. The number of carbonyl (C=O) groups excluding carboxylic acids is 4. The topological polar surface area (TPSA) is 157 Å². The maximum Gasteiger partial charge on any atom is 0.307 e. The summed E-state index contributed by atoms with van der Waals surface area (Å²) < 4.78 is 29.2. The van der Waals surface area contributed by atoms with Crippen LogP contribution in [0.5, 0.6) is 0 Å². The Morgan fingerprint density at radius 1 is 0.861 bits per heavy atom. The number of aromatic nitrogens is 1. The van der Waals surface area contributed by atoms with E-state index in [0.717, 1.165) is 20.8 Å². The summed E-state index contributed by atoms with van der Waals surface area (Å²) >= 11 is 0. The first kappa shape index (κ1) is 26.7. The highest BCUT2D eigenvalue weighted by atomic mass is 16.7. The third kappa shape index (κ3) is 6.19. The smallest absolute Gasteiger partial charge is 0.307 e. The molecule has 1 fully saturated rings. The fourth-order valence-electron chi connectivity index (χ4n) is 4.22. The van der Waals surface area contributed by atoms with Crippen LogP contribution in [0.15, 0.2) is 30.5 Å². The van der Waals surface area contributed by atoms with Crippen molar-refractivity contribution in [2.45, 2.75) is 64.8 Å². The van der Waals surface area contributed by atoms with Crippen molar-refractivity contribution >= 4 is 40.7 Å². The van der Waals surface area contributed by atoms with Gasteiger partial charge in [0, 0.05) is 39.3 Å². The molecule has 2 heterocycles. The SMILES string of the molecule is CC(=O)OC[C@H]1O[C@@H](n2cc(CC(=O)O)c3ccccc32)[C@@H](OC(C)=O)[C@H](OC(C)=O)[C@@H]1OC(C)=O. The second-order valence-corrected chi connectivity index (χ2v) is 8.24. The fourth-order valence-corrected chi connectivity index (χ4v) is 4.22. The number of nitrogens with zero attached hydrogens (tertiary/aromatic N) is 1. The first-order valence-corrected chi connectivity index (χ1v) is 11.1. The molecular weight excluding hydrogens is 478 g/mol. The lowest BCUT2D eigenvalue weighted by Crippen LogP contribution is -2.60. The lowest BCUT2D eigenvalue weighted by molar-refractivity contribution is -0.267. The fraction of sp³-hybridized carbons (Fsp3) is 0.458. The largest absolute Gasteiger partial charge is 0.481 e. The molecule has 36 heavy (non-hydrogen) atoms. The standard InChI is InChI=1S/C24H27NO11/c1-12(26)32-11-19-21(33-13(2)27)22(34-14(3)28)23(35-15(4)29)24(36-19)25-10-16(9-20(30)31)17-7-5-6-8-18(17)25/h5-8,10,19,21-24H,9,11H2,1-4H3,(H,30,31)/t19-,21-,22-,23+,24-/m1/s1. The second-order valence-electron chi connectivity index (χ2n) is 8.24. The van der Waals surface area contributed by atoms with Gasteiger partial charge >= 0.3 is 29.8 Å². The number of benzene rings is 1. The lowest BCUT2D eigenvalue weighted by atomic mass is 9.97. The van der Waals surface area contributed by atoms with Gasteiger partial charge < -0.3 is 33.4 Å². The molecule has 0 aliphatic carbocycles. The van der Waals surface area contributed by atoms with Crippen LogP contribution in [0, 0.1) is 0 Å². The number of hydrogen-bond donors (Lipinski definition) is 1. The number of rotatable bonds is 8. The van der Waals surface area contributed by atoms with Crippen molar-refractivity contribution in [1.29, 1.82) is 0 Å². The molecular formula is C24H27NO11. The van der Waals surface area contributed by atoms with Crippen LogP contribution >= 0.6 is 0 Å². The molecule has 0 amide bonds. The van der Waals surface area contributed by atoms with Crippen molar-refractivity contribution in [2.24, 2.45) is 0 Å². The van der Waals surface area contributed by atoms with Crippen molar-refractivity contribution in [3.8, 4) is 0 Å². The number of carboxylic acid groups (broad SMARTS) is 1. The summed E-state index contributed by atoms with van der Waals surface area (Å²) in [5, 5.41) is 9.99. The van der Waals surface area contributed by atoms with E-state index in [9.17, 15) is 29.1 Å². The van der Waals surface area contributed by atoms with Crippen LogP contribution < -0.4 is 0 Å². The highest BCUT2D eigenvalue weighted by Crippen LogP contribution is 2.37. The molecule has 0 radical (unpaired) electrons. The van der Waals surface area contributed by atoms with E-state index in [4.69, 9.17) is 23.7 Å². The first-order valence-electron chi connectivity index (χ1n) is 11.1. The highest BCUT2D eigenvalue weighted by molar-refractivity contribution is 5.87. The molecule has 12 heteroatoms. The minimum absolute atomic E-state index is 0.293. The van der Waals surface area contributed by atoms with Crippen LogP contribution in [0.4, 0.5) is 0 Å². The van der Waals surface area contributed by atoms with Crippen LogP contribution in [0.1, 0.15) is 39.5 Å². The van der Waals surface area contributed by atoms with Gasteiger partial charge in [0.05, 0.1) is 11.9 Å². The average Bonchev–Trinajstić information content (AvgIpc) is 3.12. The zero-order valence-corrected chi connectivity index (χ0v) is 20.2. The Kier molecular flexibility index (Phi) is 8.30. The van der Waals surface area contributed by atoms with Gasteiger partial charge in [-0.05, 0) is 11.6 Å². The summed E-state index contributed by atoms with van der Waals surface area (Å²) in [5.41, 5.74) is 1.01. The minimum Gasteiger partial charge on any atom is -0.481 e. The molecule has 1 aliphatic rings. The summed E-state index contributed by atoms with van der Waals surface area (Å²) in [6.45, 7) is 4.24. The highest BCUT2D eigenvalue weighted by Gasteiger charge is 2.53. The molecule has 1 aromatic carbocycles. The van der Waals surface area contributed by atoms with Crippen LogP contribution in [0.2, 0.25) is 0 Å². The van der Waals surface area contributed by atoms with Crippen molar-refractivity contribution in [3.63, 3.8) is 0 Å². The number of carboxylic acids is 1. The van der Waals surface area contributed by atoms with Gasteiger partial charge in [-0.25, -0.2) is 0 Å². The van der Waals surface area contributed by atoms with Gasteiger partial charge in [-0.2, -0.15) is 0 Å². The Labute approximate surface area is 206 Å². The van der Waals surface area contributed by atoms with Crippen LogP contribution in [-0.2, 0) is 54.1 Å². The third-order valence-corrected chi connectivity index (χ3v) is 5.41. The Morgan fingerprint density at radius 2 is 1.44 bits per heavy atom. The monoisotopic (exact) mass is 505 g/mol. The summed E-state index contributed by atoms with van der Waals surface area (Å²) in [6.07, 6.45) is -4.97. The predicted octanol–water partition coefficient (Wildman–Crippen LogP) is 1.52. The number of carbonyl (C=O) groups is 5. The lowest BCUT2D eigenvalue weighted by Gasteiger charge is -2.44. The van der Waals surface area contributed by atoms with Gasteiger partial charge in [0.25, 0.3) is 0 Å². The van der Waals surface area contributed by atoms with E-state index in [1.54, 1.807) is 35.0 Å². The molecule has 194 valence electrons. The van der Waals surface area contributed by atoms with Crippen LogP contribution in [-0.4, -0.2) is 70.5 Å². The minimum atomic E-state index is -1.33. The van der Waals surface area contributed by atoms with E-state index in [0.29, 0.717) is 16.5 Å². The number of ether oxygens (including phenoxy) is 5. The van der Waals surface area contributed by atoms with E-state index >= 15 is 0 Å². The van der Waals surface area contributed by atoms with Crippen molar-refractivity contribution in [3.05, 3.63) is 36.0 Å². The molecule has 12 nitrogen and oxygen atoms in total. The number of hydrogen-bond acceptors (Lipinski definition) is 10. The van der Waals surface area contributed by atoms with Crippen LogP contribution in [0.25, 0.3) is 10.9 Å². The second kappa shape index (κ2) is 11.2. The quantitative estimate of drug-likeness (QED) is 0.410. The number of aliphatic carboxylic acids is 1. The molecule has 3 rings (SSSR count). The maximum atomic E-state index is 12.1. The predicted molar refractivity (Wildman–Crippen MR) is 120 cm³/mol. The van der Waals surface area contributed by atoms with E-state index in [1.807, 2.05) is 0 Å². The number of para-hydroxylation sites is 1. The van der Waals surface area contributed by atoms with Crippen molar-refractivity contribution < 1.29 is 52.8 Å². The molecule has 0 spiro atoms. The number of esters is 4. The average molecular weight is 505 g/mol. The maximum absolute atomic E-state index is 12.1. The molecule has 0 bridgehead atoms. The normalized spacial score (nSPS) is 23.5. The zero-order chi connectivity index (χ0) is 26.6. The van der Waals surface area contributed by atoms with Gasteiger partial charge in [0.2, 0.25) is 0 Å². The first-order chi connectivity index (χ1) is 17.0. The molecule has 1 saturated heterocycles. The Bertz CT molecular complexity index is 1170. The Morgan fingerprint density at radius 3 is 2.03 bits per heavy atom. The molecule has 1 aromatic heterocycles. The van der Waals surface area contributed by atoms with Crippen molar-refractivity contribution in [2.75, 3.05) is 6.61 Å². The van der Waals surface area contributed by atoms with E-state index < -0.39 is 60.5 Å². The Hall–Kier alpha value is -3.93. The van der Waals surface area contributed by atoms with E-state index in [-0.39, 0.29) is 13.0 Å². The zero-order valence-electron chi connectivity index (χ0n) is 20.2. The van der Waals surface area contributed by atoms with Gasteiger partial charge in [-0.3, -0.25) is 24.0 Å². The van der Waals surface area contributed by atoms with Gasteiger partial charge in [0.15, 0.2) is 24.5 Å². The molecule has 5 atom stereocenters. The molecule has 1 aliphatic heterocycles. The van der Waals surface area contributed by atoms with Gasteiger partial charge in [0.1, 0.15) is 12.7 Å². The van der Waals surface area contributed by atoms with Gasteiger partial charge in [-0.1, -0.05) is 18.2 Å². The Balaban J connectivity index is 2.18. The molecule has 0 unspecified atom stereocenters.